The van der Waals surface area contributed by atoms with Gasteiger partial charge in [-0.2, -0.15) is 0 Å². The van der Waals surface area contributed by atoms with Gasteiger partial charge in [-0.25, -0.2) is 4.98 Å². The maximum Gasteiger partial charge on any atom is 0.152 e. The predicted molar refractivity (Wildman–Crippen MR) is 72.0 cm³/mol. The summed E-state index contributed by atoms with van der Waals surface area (Å²) in [6.07, 6.45) is 0. The van der Waals surface area contributed by atoms with Crippen molar-refractivity contribution < 1.29 is 0 Å². The molecule has 0 spiro atoms. The first-order valence-electron chi connectivity index (χ1n) is 5.70. The van der Waals surface area contributed by atoms with Crippen molar-refractivity contribution in [1.82, 2.24) is 9.88 Å². The van der Waals surface area contributed by atoms with Crippen molar-refractivity contribution in [2.75, 3.05) is 7.05 Å². The van der Waals surface area contributed by atoms with Gasteiger partial charge in [-0.05, 0) is 37.6 Å². The highest BCUT2D eigenvalue weighted by Crippen LogP contribution is 2.12. The largest absolute Gasteiger partial charge is 0.296 e. The Morgan fingerprint density at radius 2 is 2.06 bits per heavy atom. The van der Waals surface area contributed by atoms with E-state index >= 15 is 0 Å². The molecule has 0 N–H and O–H groups in total. The second kappa shape index (κ2) is 5.43. The minimum absolute atomic E-state index is 0.882. The van der Waals surface area contributed by atoms with Crippen LogP contribution in [-0.2, 0) is 13.1 Å². The molecule has 0 saturated carbocycles. The van der Waals surface area contributed by atoms with E-state index in [2.05, 4.69) is 59.9 Å². The lowest BCUT2D eigenvalue weighted by molar-refractivity contribution is 0.315. The second-order valence-corrected chi connectivity index (χ2v) is 5.18. The van der Waals surface area contributed by atoms with Gasteiger partial charge in [-0.1, -0.05) is 18.2 Å². The van der Waals surface area contributed by atoms with Gasteiger partial charge in [0.25, 0.3) is 0 Å². The Morgan fingerprint density at radius 3 is 2.71 bits per heavy atom. The van der Waals surface area contributed by atoms with E-state index in [9.17, 15) is 0 Å². The molecule has 89 valence electrons. The van der Waals surface area contributed by atoms with Crippen LogP contribution in [0.15, 0.2) is 23.6 Å². The van der Waals surface area contributed by atoms with E-state index in [-0.39, 0.29) is 0 Å². The van der Waals surface area contributed by atoms with Gasteiger partial charge >= 0.3 is 0 Å². The van der Waals surface area contributed by atoms with E-state index in [1.165, 1.54) is 28.0 Å². The van der Waals surface area contributed by atoms with Gasteiger partial charge in [0.2, 0.25) is 0 Å². The Morgan fingerprint density at radius 1 is 1.24 bits per heavy atom. The molecule has 0 aliphatic carbocycles. The van der Waals surface area contributed by atoms with Crippen molar-refractivity contribution in [3.05, 3.63) is 51.5 Å². The Bertz CT molecular complexity index is 477. The average molecular weight is 245 g/mol. The monoisotopic (exact) mass is 245 g/mol. The molecule has 2 nitrogen and oxygen atoms in total. The first kappa shape index (κ1) is 12.3. The highest BCUT2D eigenvalue weighted by Gasteiger charge is 2.04. The third-order valence-electron chi connectivity index (χ3n) is 2.89. The molecule has 17 heavy (non-hydrogen) atoms. The summed E-state index contributed by atoms with van der Waals surface area (Å²) in [5, 5.41) is 2.05. The lowest BCUT2D eigenvalue weighted by Gasteiger charge is -2.16. The highest BCUT2D eigenvalue weighted by atomic mass is 32.1. The average Bonchev–Trinajstić information content (AvgIpc) is 2.76. The summed E-state index contributed by atoms with van der Waals surface area (Å²) in [5.41, 5.74) is 8.05. The molecule has 1 heterocycles. The molecule has 1 aromatic heterocycles. The highest BCUT2D eigenvalue weighted by molar-refractivity contribution is 7.07. The molecule has 0 amide bonds. The molecular weight excluding hydrogens is 228 g/mol. The maximum absolute atomic E-state index is 4.18. The van der Waals surface area contributed by atoms with Crippen LogP contribution in [-0.4, -0.2) is 16.9 Å². The van der Waals surface area contributed by atoms with Crippen molar-refractivity contribution in [2.45, 2.75) is 26.9 Å². The van der Waals surface area contributed by atoms with Crippen LogP contribution in [0.4, 0.5) is 0 Å². The fourth-order valence-corrected chi connectivity index (χ4v) is 2.31. The van der Waals surface area contributed by atoms with Gasteiger partial charge in [0.05, 0.1) is 5.69 Å². The Kier molecular flexibility index (Phi) is 3.92. The topological polar surface area (TPSA) is 16.1 Å². The summed E-state index contributed by atoms with van der Waals surface area (Å²) in [4.78, 5) is 6.45. The molecule has 1 aromatic carbocycles. The molecule has 3 heteroatoms. The summed E-state index contributed by atoms with van der Waals surface area (Å²) in [6, 6.07) is 6.65. The molecule has 0 saturated heterocycles. The molecule has 0 aliphatic rings. The van der Waals surface area contributed by atoms with Gasteiger partial charge in [-0.15, -0.1) is 11.3 Å². The molecule has 0 bridgehead atoms. The smallest absolute Gasteiger partial charge is 0.152 e. The van der Waals surface area contributed by atoms with Crippen molar-refractivity contribution in [3.63, 3.8) is 0 Å². The van der Waals surface area contributed by atoms with Gasteiger partial charge in [0.1, 0.15) is 0 Å². The number of hydrogen-bond donors (Lipinski definition) is 0. The quantitative estimate of drug-likeness (QED) is 0.822. The number of thiazole rings is 1. The van der Waals surface area contributed by atoms with E-state index in [0.29, 0.717) is 0 Å². The van der Waals surface area contributed by atoms with Crippen LogP contribution in [0.1, 0.15) is 22.4 Å². The lowest BCUT2D eigenvalue weighted by Crippen LogP contribution is -2.17. The zero-order valence-electron chi connectivity index (χ0n) is 10.5. The van der Waals surface area contributed by atoms with Gasteiger partial charge < -0.3 is 0 Å². The van der Waals surface area contributed by atoms with Crippen molar-refractivity contribution in [3.8, 4) is 0 Å². The zero-order valence-corrected chi connectivity index (χ0v) is 11.3. The minimum Gasteiger partial charge on any atom is -0.296 e. The SMILES string of the molecule is Cc1ccc(CN(C)Cc2cs[c]n2)cc1C. The predicted octanol–water partition coefficient (Wildman–Crippen LogP) is 3.19. The Hall–Kier alpha value is -1.19. The Balaban J connectivity index is 1.98. The summed E-state index contributed by atoms with van der Waals surface area (Å²) in [6.45, 7) is 6.15. The minimum atomic E-state index is 0.882. The van der Waals surface area contributed by atoms with Crippen LogP contribution in [0.5, 0.6) is 0 Å². The fourth-order valence-electron chi connectivity index (χ4n) is 1.82. The normalized spacial score (nSPS) is 11.1. The van der Waals surface area contributed by atoms with Crippen LogP contribution in [0, 0.1) is 19.4 Å². The molecule has 0 atom stereocenters. The zero-order chi connectivity index (χ0) is 12.3. The molecular formula is C14H17N2S. The maximum atomic E-state index is 4.18. The van der Waals surface area contributed by atoms with Gasteiger partial charge in [0.15, 0.2) is 5.51 Å². The molecule has 2 aromatic rings. The third kappa shape index (κ3) is 3.38. The second-order valence-electron chi connectivity index (χ2n) is 4.52. The number of aryl methyl sites for hydroxylation is 2. The first-order chi connectivity index (χ1) is 8.15. The van der Waals surface area contributed by atoms with Crippen LogP contribution in [0.3, 0.4) is 0 Å². The number of aromatic nitrogens is 1. The first-order valence-corrected chi connectivity index (χ1v) is 6.58. The Labute approximate surface area is 107 Å². The van der Waals surface area contributed by atoms with Crippen LogP contribution in [0.2, 0.25) is 0 Å². The van der Waals surface area contributed by atoms with Crippen molar-refractivity contribution in [1.29, 1.82) is 0 Å². The standard InChI is InChI=1S/C14H17N2S/c1-11-4-5-13(6-12(11)2)7-16(3)8-14-9-17-10-15-14/h4-6,9H,7-8H2,1-3H3. The number of benzene rings is 1. The molecule has 2 rings (SSSR count). The van der Waals surface area contributed by atoms with E-state index in [1.807, 2.05) is 0 Å². The van der Waals surface area contributed by atoms with Crippen LogP contribution < -0.4 is 0 Å². The molecule has 0 fully saturated rings. The van der Waals surface area contributed by atoms with Crippen molar-refractivity contribution in [2.24, 2.45) is 0 Å². The van der Waals surface area contributed by atoms with Crippen LogP contribution in [0.25, 0.3) is 0 Å². The lowest BCUT2D eigenvalue weighted by atomic mass is 10.1. The number of nitrogens with zero attached hydrogens (tertiary/aromatic N) is 2. The summed E-state index contributed by atoms with van der Waals surface area (Å²) >= 11 is 1.53. The van der Waals surface area contributed by atoms with Gasteiger partial charge in [-0.3, -0.25) is 4.90 Å². The third-order valence-corrected chi connectivity index (χ3v) is 3.48. The molecule has 1 radical (unpaired) electrons. The fraction of sp³-hybridized carbons (Fsp3) is 0.357. The number of hydrogen-bond acceptors (Lipinski definition) is 3. The van der Waals surface area contributed by atoms with Crippen molar-refractivity contribution >= 4 is 11.3 Å². The van der Waals surface area contributed by atoms with E-state index in [1.54, 1.807) is 0 Å². The van der Waals surface area contributed by atoms with Gasteiger partial charge in [0, 0.05) is 18.5 Å². The summed E-state index contributed by atoms with van der Waals surface area (Å²) < 4.78 is 0. The van der Waals surface area contributed by atoms with E-state index in [4.69, 9.17) is 0 Å². The summed E-state index contributed by atoms with van der Waals surface area (Å²) in [5.74, 6) is 0. The molecule has 0 unspecified atom stereocenters. The van der Waals surface area contributed by atoms with E-state index in [0.717, 1.165) is 18.8 Å². The summed E-state index contributed by atoms with van der Waals surface area (Å²) in [7, 11) is 2.12. The number of rotatable bonds is 4. The molecule has 0 aliphatic heterocycles. The van der Waals surface area contributed by atoms with E-state index < -0.39 is 0 Å². The van der Waals surface area contributed by atoms with Crippen LogP contribution >= 0.6 is 11.3 Å².